The highest BCUT2D eigenvalue weighted by Gasteiger charge is 2.00. The largest absolute Gasteiger partial charge is 0.355 e. The highest BCUT2D eigenvalue weighted by molar-refractivity contribution is 7.09. The maximum atomic E-state index is 4.26. The molecule has 4 heteroatoms. The van der Waals surface area contributed by atoms with Crippen LogP contribution in [0.4, 0.5) is 5.95 Å². The molecule has 0 bridgehead atoms. The van der Waals surface area contributed by atoms with Gasteiger partial charge in [0, 0.05) is 30.4 Å². The summed E-state index contributed by atoms with van der Waals surface area (Å²) in [4.78, 5) is 5.66. The van der Waals surface area contributed by atoms with Crippen LogP contribution in [0.25, 0.3) is 0 Å². The molecule has 0 saturated heterocycles. The zero-order chi connectivity index (χ0) is 11.2. The Hall–Kier alpha value is -1.55. The van der Waals surface area contributed by atoms with Crippen LogP contribution in [0.1, 0.15) is 4.88 Å². The van der Waals surface area contributed by atoms with Gasteiger partial charge in [0.05, 0.1) is 0 Å². The second-order valence-corrected chi connectivity index (χ2v) is 4.48. The van der Waals surface area contributed by atoms with Crippen molar-refractivity contribution < 1.29 is 0 Å². The molecule has 2 heterocycles. The number of hydrogen-bond donors (Lipinski definition) is 1. The second kappa shape index (κ2) is 5.51. The van der Waals surface area contributed by atoms with Crippen molar-refractivity contribution in [3.63, 3.8) is 0 Å². The topological polar surface area (TPSA) is 29.9 Å². The first-order valence-corrected chi connectivity index (χ1v) is 6.16. The van der Waals surface area contributed by atoms with Crippen molar-refractivity contribution >= 4 is 17.3 Å². The van der Waals surface area contributed by atoms with Gasteiger partial charge in [0.1, 0.15) is 0 Å². The molecule has 0 radical (unpaired) electrons. The Balaban J connectivity index is 1.84. The average molecular weight is 233 g/mol. The summed E-state index contributed by atoms with van der Waals surface area (Å²) in [5, 5.41) is 5.43. The molecule has 0 aliphatic rings. The van der Waals surface area contributed by atoms with Gasteiger partial charge in [0.25, 0.3) is 0 Å². The molecule has 2 rings (SSSR count). The number of anilines is 1. The number of nitrogens with one attached hydrogen (secondary N) is 1. The lowest BCUT2D eigenvalue weighted by Gasteiger charge is -2.06. The van der Waals surface area contributed by atoms with E-state index in [1.165, 1.54) is 4.88 Å². The molecule has 0 amide bonds. The van der Waals surface area contributed by atoms with Crippen molar-refractivity contribution in [2.24, 2.45) is 0 Å². The number of hydrogen-bond acceptors (Lipinski definition) is 3. The Morgan fingerprint density at radius 2 is 2.50 bits per heavy atom. The standard InChI is InChI=1S/C12H15N3S/c1-2-8-15-9-7-14-12(15)13-6-5-11-4-3-10-16-11/h2-4,7,9-10H,1,5-6,8H2,(H,13,14). The monoisotopic (exact) mass is 233 g/mol. The zero-order valence-corrected chi connectivity index (χ0v) is 9.91. The SMILES string of the molecule is C=CCn1ccnc1NCCc1cccs1. The van der Waals surface area contributed by atoms with E-state index in [1.54, 1.807) is 17.5 Å². The van der Waals surface area contributed by atoms with E-state index in [1.807, 2.05) is 16.8 Å². The molecule has 0 saturated carbocycles. The summed E-state index contributed by atoms with van der Waals surface area (Å²) in [6.07, 6.45) is 6.66. The van der Waals surface area contributed by atoms with E-state index in [9.17, 15) is 0 Å². The van der Waals surface area contributed by atoms with Gasteiger partial charge in [-0.1, -0.05) is 12.1 Å². The highest BCUT2D eigenvalue weighted by Crippen LogP contribution is 2.10. The van der Waals surface area contributed by atoms with E-state index in [0.29, 0.717) is 0 Å². The van der Waals surface area contributed by atoms with Gasteiger partial charge in [-0.3, -0.25) is 0 Å². The first kappa shape index (κ1) is 11.0. The summed E-state index contributed by atoms with van der Waals surface area (Å²) in [6.45, 7) is 5.43. The van der Waals surface area contributed by atoms with Crippen molar-refractivity contribution in [2.45, 2.75) is 13.0 Å². The van der Waals surface area contributed by atoms with Crippen LogP contribution in [0.15, 0.2) is 42.6 Å². The molecule has 84 valence electrons. The summed E-state index contributed by atoms with van der Waals surface area (Å²) in [7, 11) is 0. The van der Waals surface area contributed by atoms with Crippen LogP contribution in [0.5, 0.6) is 0 Å². The lowest BCUT2D eigenvalue weighted by Crippen LogP contribution is -2.09. The first-order valence-electron chi connectivity index (χ1n) is 5.28. The Kier molecular flexibility index (Phi) is 3.77. The molecule has 0 aliphatic heterocycles. The number of thiophene rings is 1. The average Bonchev–Trinajstić information content (AvgIpc) is 2.91. The molecule has 0 fully saturated rings. The van der Waals surface area contributed by atoms with Gasteiger partial charge in [0.15, 0.2) is 0 Å². The lowest BCUT2D eigenvalue weighted by molar-refractivity contribution is 0.818. The summed E-state index contributed by atoms with van der Waals surface area (Å²) in [6, 6.07) is 4.24. The van der Waals surface area contributed by atoms with Crippen LogP contribution in [0, 0.1) is 0 Å². The minimum Gasteiger partial charge on any atom is -0.355 e. The van der Waals surface area contributed by atoms with Gasteiger partial charge < -0.3 is 9.88 Å². The predicted molar refractivity (Wildman–Crippen MR) is 68.9 cm³/mol. The molecule has 1 N–H and O–H groups in total. The van der Waals surface area contributed by atoms with Crippen molar-refractivity contribution in [3.05, 3.63) is 47.4 Å². The smallest absolute Gasteiger partial charge is 0.203 e. The van der Waals surface area contributed by atoms with Crippen LogP contribution in [-0.2, 0) is 13.0 Å². The van der Waals surface area contributed by atoms with E-state index in [4.69, 9.17) is 0 Å². The number of nitrogens with zero attached hydrogens (tertiary/aromatic N) is 2. The third kappa shape index (κ3) is 2.73. The van der Waals surface area contributed by atoms with Gasteiger partial charge in [-0.2, -0.15) is 0 Å². The number of rotatable bonds is 6. The predicted octanol–water partition coefficient (Wildman–Crippen LogP) is 2.79. The normalized spacial score (nSPS) is 10.2. The van der Waals surface area contributed by atoms with Crippen molar-refractivity contribution in [3.8, 4) is 0 Å². The van der Waals surface area contributed by atoms with E-state index < -0.39 is 0 Å². The minimum absolute atomic E-state index is 0.793. The van der Waals surface area contributed by atoms with Crippen LogP contribution in [0.2, 0.25) is 0 Å². The number of allylic oxidation sites excluding steroid dienone is 1. The zero-order valence-electron chi connectivity index (χ0n) is 9.10. The Labute approximate surface area is 99.5 Å². The third-order valence-electron chi connectivity index (χ3n) is 2.28. The fourth-order valence-corrected chi connectivity index (χ4v) is 2.22. The van der Waals surface area contributed by atoms with Crippen LogP contribution in [-0.4, -0.2) is 16.1 Å². The Bertz CT molecular complexity index is 431. The summed E-state index contributed by atoms with van der Waals surface area (Å²) < 4.78 is 2.04. The van der Waals surface area contributed by atoms with Crippen molar-refractivity contribution in [2.75, 3.05) is 11.9 Å². The maximum Gasteiger partial charge on any atom is 0.203 e. The molecule has 0 spiro atoms. The van der Waals surface area contributed by atoms with E-state index in [2.05, 4.69) is 34.4 Å². The number of imidazole rings is 1. The molecule has 0 aliphatic carbocycles. The second-order valence-electron chi connectivity index (χ2n) is 3.45. The van der Waals surface area contributed by atoms with Crippen LogP contribution < -0.4 is 5.32 Å². The van der Waals surface area contributed by atoms with E-state index in [-0.39, 0.29) is 0 Å². The molecule has 3 nitrogen and oxygen atoms in total. The lowest BCUT2D eigenvalue weighted by atomic mass is 10.3. The summed E-state index contributed by atoms with van der Waals surface area (Å²) in [5.74, 6) is 0.913. The highest BCUT2D eigenvalue weighted by atomic mass is 32.1. The molecule has 2 aromatic rings. The van der Waals surface area contributed by atoms with Gasteiger partial charge in [-0.15, -0.1) is 17.9 Å². The molecular weight excluding hydrogens is 218 g/mol. The maximum absolute atomic E-state index is 4.26. The van der Waals surface area contributed by atoms with Crippen molar-refractivity contribution in [1.82, 2.24) is 9.55 Å². The molecule has 0 unspecified atom stereocenters. The Morgan fingerprint density at radius 1 is 1.56 bits per heavy atom. The fourth-order valence-electron chi connectivity index (χ4n) is 1.52. The Morgan fingerprint density at radius 3 is 3.25 bits per heavy atom. The third-order valence-corrected chi connectivity index (χ3v) is 3.21. The molecule has 0 aromatic carbocycles. The quantitative estimate of drug-likeness (QED) is 0.777. The number of aromatic nitrogens is 2. The van der Waals surface area contributed by atoms with E-state index in [0.717, 1.165) is 25.5 Å². The summed E-state index contributed by atoms with van der Waals surface area (Å²) in [5.41, 5.74) is 0. The van der Waals surface area contributed by atoms with Gasteiger partial charge >= 0.3 is 0 Å². The van der Waals surface area contributed by atoms with Crippen molar-refractivity contribution in [1.29, 1.82) is 0 Å². The summed E-state index contributed by atoms with van der Waals surface area (Å²) >= 11 is 1.79. The van der Waals surface area contributed by atoms with Crippen LogP contribution >= 0.6 is 11.3 Å². The van der Waals surface area contributed by atoms with Crippen LogP contribution in [0.3, 0.4) is 0 Å². The molecule has 0 atom stereocenters. The fraction of sp³-hybridized carbons (Fsp3) is 0.250. The van der Waals surface area contributed by atoms with Gasteiger partial charge in [-0.25, -0.2) is 4.98 Å². The van der Waals surface area contributed by atoms with Gasteiger partial charge in [0.2, 0.25) is 5.95 Å². The van der Waals surface area contributed by atoms with Gasteiger partial charge in [-0.05, 0) is 17.9 Å². The molecule has 16 heavy (non-hydrogen) atoms. The minimum atomic E-state index is 0.793. The van der Waals surface area contributed by atoms with E-state index >= 15 is 0 Å². The molecule has 2 aromatic heterocycles. The first-order chi connectivity index (χ1) is 7.90. The molecular formula is C12H15N3S.